The SMILES string of the molecule is COc1cccc(OCC2(C(=O)O)CCOCC2)c1. The van der Waals surface area contributed by atoms with E-state index < -0.39 is 11.4 Å². The Hall–Kier alpha value is -1.75. The number of hydrogen-bond donors (Lipinski definition) is 1. The highest BCUT2D eigenvalue weighted by molar-refractivity contribution is 5.75. The van der Waals surface area contributed by atoms with Crippen LogP contribution in [0.5, 0.6) is 11.5 Å². The molecule has 1 aromatic carbocycles. The molecule has 0 aliphatic carbocycles. The average Bonchev–Trinajstić information content (AvgIpc) is 2.46. The third-order valence-corrected chi connectivity index (χ3v) is 3.46. The number of carbonyl (C=O) groups is 1. The molecule has 1 heterocycles. The van der Waals surface area contributed by atoms with Crippen LogP contribution in [0.25, 0.3) is 0 Å². The molecular weight excluding hydrogens is 248 g/mol. The molecule has 0 unspecified atom stereocenters. The number of rotatable bonds is 5. The fourth-order valence-electron chi connectivity index (χ4n) is 2.09. The van der Waals surface area contributed by atoms with Gasteiger partial charge in [0.2, 0.25) is 0 Å². The number of methoxy groups -OCH3 is 1. The van der Waals surface area contributed by atoms with Gasteiger partial charge in [0.15, 0.2) is 0 Å². The molecule has 2 rings (SSSR count). The molecule has 1 aliphatic rings. The lowest BCUT2D eigenvalue weighted by Crippen LogP contribution is -2.42. The molecule has 1 saturated heterocycles. The molecule has 0 spiro atoms. The minimum Gasteiger partial charge on any atom is -0.497 e. The van der Waals surface area contributed by atoms with Crippen LogP contribution in [0.2, 0.25) is 0 Å². The Balaban J connectivity index is 2.04. The molecule has 0 aromatic heterocycles. The predicted molar refractivity (Wildman–Crippen MR) is 68.6 cm³/mol. The maximum atomic E-state index is 11.5. The zero-order chi connectivity index (χ0) is 13.7. The molecule has 1 N–H and O–H groups in total. The van der Waals surface area contributed by atoms with Crippen LogP contribution < -0.4 is 9.47 Å². The minimum absolute atomic E-state index is 0.152. The zero-order valence-corrected chi connectivity index (χ0v) is 10.9. The van der Waals surface area contributed by atoms with Gasteiger partial charge in [-0.3, -0.25) is 4.79 Å². The maximum absolute atomic E-state index is 11.5. The quantitative estimate of drug-likeness (QED) is 0.882. The fraction of sp³-hybridized carbons (Fsp3) is 0.500. The van der Waals surface area contributed by atoms with Gasteiger partial charge in [-0.25, -0.2) is 0 Å². The number of ether oxygens (including phenoxy) is 3. The van der Waals surface area contributed by atoms with E-state index in [4.69, 9.17) is 14.2 Å². The minimum atomic E-state index is -0.846. The number of aliphatic carboxylic acids is 1. The lowest BCUT2D eigenvalue weighted by atomic mass is 9.81. The summed E-state index contributed by atoms with van der Waals surface area (Å²) in [6.45, 7) is 1.08. The first-order chi connectivity index (χ1) is 9.16. The van der Waals surface area contributed by atoms with E-state index in [1.165, 1.54) is 0 Å². The van der Waals surface area contributed by atoms with Crippen molar-refractivity contribution in [2.75, 3.05) is 26.9 Å². The molecule has 104 valence electrons. The van der Waals surface area contributed by atoms with E-state index >= 15 is 0 Å². The van der Waals surface area contributed by atoms with Crippen LogP contribution in [0.1, 0.15) is 12.8 Å². The summed E-state index contributed by atoms with van der Waals surface area (Å²) >= 11 is 0. The molecule has 0 saturated carbocycles. The third-order valence-electron chi connectivity index (χ3n) is 3.46. The second-order valence-corrected chi connectivity index (χ2v) is 4.67. The van der Waals surface area contributed by atoms with Crippen molar-refractivity contribution in [3.8, 4) is 11.5 Å². The molecule has 0 radical (unpaired) electrons. The number of carboxylic acid groups (broad SMARTS) is 1. The van der Waals surface area contributed by atoms with E-state index in [1.807, 2.05) is 12.1 Å². The largest absolute Gasteiger partial charge is 0.497 e. The second kappa shape index (κ2) is 5.93. The Bertz CT molecular complexity index is 437. The first-order valence-electron chi connectivity index (χ1n) is 6.24. The van der Waals surface area contributed by atoms with Gasteiger partial charge in [0.05, 0.1) is 7.11 Å². The van der Waals surface area contributed by atoms with Crippen molar-refractivity contribution >= 4 is 5.97 Å². The third kappa shape index (κ3) is 3.17. The van der Waals surface area contributed by atoms with Crippen molar-refractivity contribution in [3.63, 3.8) is 0 Å². The van der Waals surface area contributed by atoms with Gasteiger partial charge in [-0.05, 0) is 25.0 Å². The Kier molecular flexibility index (Phi) is 4.27. The van der Waals surface area contributed by atoms with E-state index in [1.54, 1.807) is 19.2 Å². The summed E-state index contributed by atoms with van der Waals surface area (Å²) in [6, 6.07) is 7.16. The van der Waals surface area contributed by atoms with E-state index in [2.05, 4.69) is 0 Å². The standard InChI is InChI=1S/C14H18O5/c1-17-11-3-2-4-12(9-11)19-10-14(13(15)16)5-7-18-8-6-14/h2-4,9H,5-8,10H2,1H3,(H,15,16). The van der Waals surface area contributed by atoms with E-state index in [-0.39, 0.29) is 6.61 Å². The molecule has 1 aromatic rings. The normalized spacial score (nSPS) is 17.7. The summed E-state index contributed by atoms with van der Waals surface area (Å²) in [5.74, 6) is 0.485. The van der Waals surface area contributed by atoms with Crippen LogP contribution in [-0.2, 0) is 9.53 Å². The van der Waals surface area contributed by atoms with Crippen LogP contribution in [-0.4, -0.2) is 38.0 Å². The second-order valence-electron chi connectivity index (χ2n) is 4.67. The molecule has 5 nitrogen and oxygen atoms in total. The average molecular weight is 266 g/mol. The van der Waals surface area contributed by atoms with Gasteiger partial charge in [-0.1, -0.05) is 6.07 Å². The summed E-state index contributed by atoms with van der Waals surface area (Å²) in [7, 11) is 1.58. The predicted octanol–water partition coefficient (Wildman–Crippen LogP) is 1.96. The zero-order valence-electron chi connectivity index (χ0n) is 10.9. The summed E-state index contributed by atoms with van der Waals surface area (Å²) in [5.41, 5.74) is -0.846. The van der Waals surface area contributed by atoms with E-state index in [0.29, 0.717) is 37.6 Å². The fourth-order valence-corrected chi connectivity index (χ4v) is 2.09. The smallest absolute Gasteiger partial charge is 0.313 e. The van der Waals surface area contributed by atoms with Crippen LogP contribution in [0.4, 0.5) is 0 Å². The first kappa shape index (κ1) is 13.7. The molecular formula is C14H18O5. The number of hydrogen-bond acceptors (Lipinski definition) is 4. The van der Waals surface area contributed by atoms with E-state index in [0.717, 1.165) is 0 Å². The highest BCUT2D eigenvalue weighted by Crippen LogP contribution is 2.32. The molecule has 0 bridgehead atoms. The van der Waals surface area contributed by atoms with E-state index in [9.17, 15) is 9.90 Å². The Morgan fingerprint density at radius 3 is 2.68 bits per heavy atom. The molecule has 1 fully saturated rings. The van der Waals surface area contributed by atoms with Crippen molar-refractivity contribution in [2.24, 2.45) is 5.41 Å². The topological polar surface area (TPSA) is 65.0 Å². The maximum Gasteiger partial charge on any atom is 0.313 e. The summed E-state index contributed by atoms with van der Waals surface area (Å²) in [5, 5.41) is 9.41. The summed E-state index contributed by atoms with van der Waals surface area (Å²) in [4.78, 5) is 11.5. The van der Waals surface area contributed by atoms with Crippen molar-refractivity contribution in [2.45, 2.75) is 12.8 Å². The van der Waals surface area contributed by atoms with Crippen LogP contribution >= 0.6 is 0 Å². The van der Waals surface area contributed by atoms with Crippen LogP contribution in [0.15, 0.2) is 24.3 Å². The Labute approximate surface area is 112 Å². The lowest BCUT2D eigenvalue weighted by molar-refractivity contribution is -0.157. The van der Waals surface area contributed by atoms with Gasteiger partial charge in [0.1, 0.15) is 23.5 Å². The highest BCUT2D eigenvalue weighted by Gasteiger charge is 2.41. The Morgan fingerprint density at radius 2 is 2.05 bits per heavy atom. The molecule has 19 heavy (non-hydrogen) atoms. The highest BCUT2D eigenvalue weighted by atomic mass is 16.5. The van der Waals surface area contributed by atoms with Gasteiger partial charge in [0, 0.05) is 19.3 Å². The van der Waals surface area contributed by atoms with Gasteiger partial charge in [-0.15, -0.1) is 0 Å². The summed E-state index contributed by atoms with van der Waals surface area (Å²) < 4.78 is 16.0. The lowest BCUT2D eigenvalue weighted by Gasteiger charge is -2.32. The molecule has 1 aliphatic heterocycles. The van der Waals surface area contributed by atoms with Gasteiger partial charge in [-0.2, -0.15) is 0 Å². The summed E-state index contributed by atoms with van der Waals surface area (Å²) in [6.07, 6.45) is 0.957. The van der Waals surface area contributed by atoms with Crippen molar-refractivity contribution in [1.82, 2.24) is 0 Å². The van der Waals surface area contributed by atoms with Gasteiger partial charge < -0.3 is 19.3 Å². The van der Waals surface area contributed by atoms with Crippen LogP contribution in [0.3, 0.4) is 0 Å². The molecule has 5 heteroatoms. The number of carboxylic acids is 1. The Morgan fingerprint density at radius 1 is 1.37 bits per heavy atom. The molecule has 0 atom stereocenters. The monoisotopic (exact) mass is 266 g/mol. The van der Waals surface area contributed by atoms with Crippen molar-refractivity contribution in [1.29, 1.82) is 0 Å². The van der Waals surface area contributed by atoms with Crippen LogP contribution in [0, 0.1) is 5.41 Å². The van der Waals surface area contributed by atoms with Crippen molar-refractivity contribution in [3.05, 3.63) is 24.3 Å². The number of benzene rings is 1. The van der Waals surface area contributed by atoms with Crippen molar-refractivity contribution < 1.29 is 24.1 Å². The van der Waals surface area contributed by atoms with Gasteiger partial charge >= 0.3 is 5.97 Å². The van der Waals surface area contributed by atoms with Gasteiger partial charge in [0.25, 0.3) is 0 Å². The molecule has 0 amide bonds. The first-order valence-corrected chi connectivity index (χ1v) is 6.24.